The second kappa shape index (κ2) is 5.08. The molecule has 2 fully saturated rings. The summed E-state index contributed by atoms with van der Waals surface area (Å²) in [5, 5.41) is 0.515. The van der Waals surface area contributed by atoms with E-state index >= 15 is 0 Å². The summed E-state index contributed by atoms with van der Waals surface area (Å²) in [5.41, 5.74) is 0.667. The van der Waals surface area contributed by atoms with Crippen molar-refractivity contribution in [2.24, 2.45) is 11.8 Å². The van der Waals surface area contributed by atoms with Crippen molar-refractivity contribution in [3.8, 4) is 0 Å². The summed E-state index contributed by atoms with van der Waals surface area (Å²) in [7, 11) is -3.30. The van der Waals surface area contributed by atoms with E-state index in [0.29, 0.717) is 16.5 Å². The van der Waals surface area contributed by atoms with Crippen molar-refractivity contribution in [2.75, 3.05) is 0 Å². The van der Waals surface area contributed by atoms with Crippen LogP contribution in [0.25, 0.3) is 0 Å². The van der Waals surface area contributed by atoms with Gasteiger partial charge in [0.1, 0.15) is 0 Å². The lowest BCUT2D eigenvalue weighted by atomic mass is 9.96. The predicted octanol–water partition coefficient (Wildman–Crippen LogP) is 2.95. The highest BCUT2D eigenvalue weighted by molar-refractivity contribution is 7.88. The quantitative estimate of drug-likeness (QED) is 0.929. The molecule has 1 N–H and O–H groups in total. The lowest BCUT2D eigenvalue weighted by molar-refractivity contribution is 0.390. The van der Waals surface area contributed by atoms with E-state index in [4.69, 9.17) is 11.6 Å². The average molecular weight is 300 g/mol. The van der Waals surface area contributed by atoms with Gasteiger partial charge in [0, 0.05) is 11.1 Å². The lowest BCUT2D eigenvalue weighted by Gasteiger charge is -2.22. The molecular formula is C14H18ClNO2S. The number of benzene rings is 1. The van der Waals surface area contributed by atoms with E-state index in [1.165, 1.54) is 19.3 Å². The second-order valence-electron chi connectivity index (χ2n) is 5.75. The van der Waals surface area contributed by atoms with E-state index in [-0.39, 0.29) is 11.8 Å². The first-order chi connectivity index (χ1) is 9.03. The highest BCUT2D eigenvalue weighted by Gasteiger charge is 2.41. The van der Waals surface area contributed by atoms with Crippen molar-refractivity contribution in [2.45, 2.75) is 37.5 Å². The molecule has 2 aliphatic carbocycles. The van der Waals surface area contributed by atoms with E-state index in [9.17, 15) is 8.42 Å². The monoisotopic (exact) mass is 299 g/mol. The van der Waals surface area contributed by atoms with E-state index < -0.39 is 10.0 Å². The zero-order valence-corrected chi connectivity index (χ0v) is 12.3. The Morgan fingerprint density at radius 2 is 2.00 bits per heavy atom. The number of sulfonamides is 1. The molecule has 0 aromatic heterocycles. The molecule has 0 amide bonds. The topological polar surface area (TPSA) is 46.2 Å². The second-order valence-corrected chi connectivity index (χ2v) is 7.91. The van der Waals surface area contributed by atoms with Gasteiger partial charge < -0.3 is 0 Å². The highest BCUT2D eigenvalue weighted by Crippen LogP contribution is 2.44. The summed E-state index contributed by atoms with van der Waals surface area (Å²) in [4.78, 5) is 0. The van der Waals surface area contributed by atoms with Crippen LogP contribution in [0.3, 0.4) is 0 Å². The minimum absolute atomic E-state index is 0.0272. The lowest BCUT2D eigenvalue weighted by Crippen LogP contribution is -2.39. The Kier molecular flexibility index (Phi) is 3.58. The Morgan fingerprint density at radius 1 is 1.21 bits per heavy atom. The Labute approximate surface area is 119 Å². The van der Waals surface area contributed by atoms with Crippen molar-refractivity contribution in [3.05, 3.63) is 34.9 Å². The Bertz CT molecular complexity index is 573. The molecule has 0 unspecified atom stereocenters. The maximum absolute atomic E-state index is 12.2. The summed E-state index contributed by atoms with van der Waals surface area (Å²) >= 11 is 6.02. The van der Waals surface area contributed by atoms with Gasteiger partial charge in [-0.05, 0) is 42.7 Å². The first-order valence-corrected chi connectivity index (χ1v) is 8.80. The van der Waals surface area contributed by atoms with Crippen LogP contribution in [-0.2, 0) is 15.8 Å². The molecule has 3 nitrogen and oxygen atoms in total. The maximum Gasteiger partial charge on any atom is 0.216 e. The standard InChI is InChI=1S/C14H18ClNO2S/c15-13-4-2-1-3-12(13)9-19(17,18)16-14-8-10-5-6-11(14)7-10/h1-4,10-11,14,16H,5-9H2/t10-,11-,14+/m1/s1. The summed E-state index contributed by atoms with van der Waals surface area (Å²) < 4.78 is 27.3. The molecule has 1 aromatic rings. The molecule has 19 heavy (non-hydrogen) atoms. The van der Waals surface area contributed by atoms with Crippen molar-refractivity contribution in [1.82, 2.24) is 4.72 Å². The molecule has 104 valence electrons. The van der Waals surface area contributed by atoms with Crippen molar-refractivity contribution < 1.29 is 8.42 Å². The Morgan fingerprint density at radius 3 is 2.63 bits per heavy atom. The van der Waals surface area contributed by atoms with Crippen molar-refractivity contribution in [1.29, 1.82) is 0 Å². The van der Waals surface area contributed by atoms with Crippen LogP contribution in [0.5, 0.6) is 0 Å². The van der Waals surface area contributed by atoms with Crippen LogP contribution in [0.15, 0.2) is 24.3 Å². The van der Waals surface area contributed by atoms with Gasteiger partial charge in [-0.3, -0.25) is 0 Å². The minimum Gasteiger partial charge on any atom is -0.212 e. The first kappa shape index (κ1) is 13.4. The van der Waals surface area contributed by atoms with Gasteiger partial charge in [0.15, 0.2) is 0 Å². The van der Waals surface area contributed by atoms with Crippen LogP contribution in [0, 0.1) is 11.8 Å². The molecule has 1 aromatic carbocycles. The number of hydrogen-bond donors (Lipinski definition) is 1. The molecule has 0 heterocycles. The zero-order valence-electron chi connectivity index (χ0n) is 10.7. The third-order valence-corrected chi connectivity index (χ3v) is 6.09. The summed E-state index contributed by atoms with van der Waals surface area (Å²) in [6, 6.07) is 7.26. The van der Waals surface area contributed by atoms with E-state index in [0.717, 1.165) is 12.3 Å². The largest absolute Gasteiger partial charge is 0.216 e. The highest BCUT2D eigenvalue weighted by atomic mass is 35.5. The van der Waals surface area contributed by atoms with Gasteiger partial charge in [0.2, 0.25) is 10.0 Å². The van der Waals surface area contributed by atoms with Crippen LogP contribution in [0.2, 0.25) is 5.02 Å². The predicted molar refractivity (Wildman–Crippen MR) is 76.4 cm³/mol. The molecule has 3 atom stereocenters. The third kappa shape index (κ3) is 2.96. The Balaban J connectivity index is 1.68. The van der Waals surface area contributed by atoms with Gasteiger partial charge in [-0.2, -0.15) is 0 Å². The summed E-state index contributed by atoms with van der Waals surface area (Å²) in [6.07, 6.45) is 4.64. The molecule has 2 bridgehead atoms. The molecule has 3 rings (SSSR count). The van der Waals surface area contributed by atoms with Gasteiger partial charge >= 0.3 is 0 Å². The fourth-order valence-electron chi connectivity index (χ4n) is 3.48. The maximum atomic E-state index is 12.2. The molecule has 0 radical (unpaired) electrons. The van der Waals surface area contributed by atoms with Gasteiger partial charge in [0.05, 0.1) is 5.75 Å². The molecule has 0 saturated heterocycles. The molecule has 0 aliphatic heterocycles. The van der Waals surface area contributed by atoms with Crippen LogP contribution < -0.4 is 4.72 Å². The fourth-order valence-corrected chi connectivity index (χ4v) is 5.26. The van der Waals surface area contributed by atoms with Crippen molar-refractivity contribution >= 4 is 21.6 Å². The van der Waals surface area contributed by atoms with Gasteiger partial charge in [0.25, 0.3) is 0 Å². The van der Waals surface area contributed by atoms with Gasteiger partial charge in [-0.15, -0.1) is 0 Å². The SMILES string of the molecule is O=S(=O)(Cc1ccccc1Cl)N[C@H]1C[C@@H]2CC[C@@H]1C2. The number of nitrogens with one attached hydrogen (secondary N) is 1. The van der Waals surface area contributed by atoms with Crippen LogP contribution >= 0.6 is 11.6 Å². The van der Waals surface area contributed by atoms with Crippen LogP contribution in [0.1, 0.15) is 31.2 Å². The van der Waals surface area contributed by atoms with E-state index in [1.807, 2.05) is 12.1 Å². The number of rotatable bonds is 4. The minimum atomic E-state index is -3.30. The summed E-state index contributed by atoms with van der Waals surface area (Å²) in [5.74, 6) is 1.25. The van der Waals surface area contributed by atoms with Crippen LogP contribution in [-0.4, -0.2) is 14.5 Å². The van der Waals surface area contributed by atoms with Gasteiger partial charge in [-0.1, -0.05) is 36.2 Å². The number of fused-ring (bicyclic) bond motifs is 2. The first-order valence-electron chi connectivity index (χ1n) is 6.77. The average Bonchev–Trinajstić information content (AvgIpc) is 2.93. The molecule has 0 spiro atoms. The smallest absolute Gasteiger partial charge is 0.212 e. The summed E-state index contributed by atoms with van der Waals surface area (Å²) in [6.45, 7) is 0. The molecule has 5 heteroatoms. The number of halogens is 1. The van der Waals surface area contributed by atoms with Crippen molar-refractivity contribution in [3.63, 3.8) is 0 Å². The molecule has 2 saturated carbocycles. The number of hydrogen-bond acceptors (Lipinski definition) is 2. The van der Waals surface area contributed by atoms with E-state index in [2.05, 4.69) is 4.72 Å². The zero-order chi connectivity index (χ0) is 13.5. The molecular weight excluding hydrogens is 282 g/mol. The molecule has 2 aliphatic rings. The normalized spacial score (nSPS) is 29.8. The van der Waals surface area contributed by atoms with Crippen LogP contribution in [0.4, 0.5) is 0 Å². The fraction of sp³-hybridized carbons (Fsp3) is 0.571. The third-order valence-electron chi connectivity index (χ3n) is 4.37. The van der Waals surface area contributed by atoms with E-state index in [1.54, 1.807) is 12.1 Å². The Hall–Kier alpha value is -0.580. The van der Waals surface area contributed by atoms with Gasteiger partial charge in [-0.25, -0.2) is 13.1 Å².